The summed E-state index contributed by atoms with van der Waals surface area (Å²) in [6.07, 6.45) is -3.42. The number of alkyl halides is 3. The fraction of sp³-hybridized carbons (Fsp3) is 0.562. The molecular weight excluding hydrogens is 353 g/mol. The Morgan fingerprint density at radius 2 is 2.00 bits per heavy atom. The van der Waals surface area contributed by atoms with E-state index >= 15 is 0 Å². The SMILES string of the molecule is CN(C)C(=O)N1C[C@@H]2CN(c3cc(C(F)(F)F)ccn3)C[C@]2(C(=O)O)C1. The van der Waals surface area contributed by atoms with Crippen LogP contribution in [0, 0.1) is 11.3 Å². The van der Waals surface area contributed by atoms with Crippen LogP contribution < -0.4 is 4.90 Å². The largest absolute Gasteiger partial charge is 0.481 e. The van der Waals surface area contributed by atoms with Gasteiger partial charge in [0.05, 0.1) is 5.56 Å². The molecule has 142 valence electrons. The maximum Gasteiger partial charge on any atom is 0.416 e. The third-order valence-electron chi connectivity index (χ3n) is 5.08. The molecule has 0 radical (unpaired) electrons. The van der Waals surface area contributed by atoms with Crippen LogP contribution >= 0.6 is 0 Å². The lowest BCUT2D eigenvalue weighted by atomic mass is 9.81. The second-order valence-corrected chi connectivity index (χ2v) is 7.00. The summed E-state index contributed by atoms with van der Waals surface area (Å²) in [6.45, 7) is 0.522. The van der Waals surface area contributed by atoms with Gasteiger partial charge in [-0.05, 0) is 12.1 Å². The summed E-state index contributed by atoms with van der Waals surface area (Å²) < 4.78 is 38.7. The number of carbonyl (C=O) groups is 2. The van der Waals surface area contributed by atoms with Gasteiger partial charge in [-0.1, -0.05) is 0 Å². The molecule has 1 aromatic heterocycles. The summed E-state index contributed by atoms with van der Waals surface area (Å²) in [5, 5.41) is 9.78. The molecule has 1 aromatic rings. The summed E-state index contributed by atoms with van der Waals surface area (Å²) in [7, 11) is 3.17. The number of nitrogens with zero attached hydrogens (tertiary/aromatic N) is 4. The van der Waals surface area contributed by atoms with Gasteiger partial charge in [-0.2, -0.15) is 13.2 Å². The van der Waals surface area contributed by atoms with Crippen LogP contribution in [-0.2, 0) is 11.0 Å². The highest BCUT2D eigenvalue weighted by atomic mass is 19.4. The number of aliphatic carboxylic acids is 1. The number of carboxylic acid groups (broad SMARTS) is 1. The molecule has 2 atom stereocenters. The molecule has 2 saturated heterocycles. The molecule has 2 aliphatic rings. The molecule has 2 aliphatic heterocycles. The van der Waals surface area contributed by atoms with Gasteiger partial charge < -0.3 is 19.8 Å². The highest BCUT2D eigenvalue weighted by molar-refractivity contribution is 5.81. The summed E-state index contributed by atoms with van der Waals surface area (Å²) in [5.74, 6) is -1.33. The zero-order valence-corrected chi connectivity index (χ0v) is 14.3. The number of fused-ring (bicyclic) bond motifs is 1. The number of aromatic nitrogens is 1. The van der Waals surface area contributed by atoms with Crippen molar-refractivity contribution in [2.24, 2.45) is 11.3 Å². The molecule has 26 heavy (non-hydrogen) atoms. The number of carbonyl (C=O) groups excluding carboxylic acids is 1. The van der Waals surface area contributed by atoms with Crippen molar-refractivity contribution in [1.29, 1.82) is 0 Å². The number of halogens is 3. The third kappa shape index (κ3) is 2.93. The van der Waals surface area contributed by atoms with Crippen LogP contribution in [0.4, 0.5) is 23.8 Å². The van der Waals surface area contributed by atoms with Crippen LogP contribution in [0.5, 0.6) is 0 Å². The van der Waals surface area contributed by atoms with E-state index in [2.05, 4.69) is 4.98 Å². The van der Waals surface area contributed by atoms with Gasteiger partial charge >= 0.3 is 18.2 Å². The first kappa shape index (κ1) is 18.3. The predicted molar refractivity (Wildman–Crippen MR) is 85.7 cm³/mol. The molecule has 0 aliphatic carbocycles. The summed E-state index contributed by atoms with van der Waals surface area (Å²) in [5.41, 5.74) is -2.03. The van der Waals surface area contributed by atoms with Crippen LogP contribution in [-0.4, -0.2) is 72.2 Å². The fourth-order valence-electron chi connectivity index (χ4n) is 3.74. The second kappa shape index (κ2) is 6.03. The van der Waals surface area contributed by atoms with E-state index in [1.165, 1.54) is 9.80 Å². The summed E-state index contributed by atoms with van der Waals surface area (Å²) in [6, 6.07) is 1.54. The van der Waals surface area contributed by atoms with Crippen molar-refractivity contribution in [2.45, 2.75) is 6.18 Å². The van der Waals surface area contributed by atoms with Gasteiger partial charge in [0.1, 0.15) is 11.2 Å². The smallest absolute Gasteiger partial charge is 0.416 e. The molecule has 7 nitrogen and oxygen atoms in total. The highest BCUT2D eigenvalue weighted by Gasteiger charge is 2.59. The maximum atomic E-state index is 12.9. The molecule has 0 aromatic carbocycles. The van der Waals surface area contributed by atoms with E-state index in [1.54, 1.807) is 19.0 Å². The average Bonchev–Trinajstić information content (AvgIpc) is 3.08. The molecule has 2 fully saturated rings. The number of likely N-dealkylation sites (tertiary alicyclic amines) is 1. The van der Waals surface area contributed by atoms with E-state index < -0.39 is 23.1 Å². The number of urea groups is 1. The lowest BCUT2D eigenvalue weighted by Crippen LogP contribution is -2.44. The van der Waals surface area contributed by atoms with Gasteiger partial charge in [-0.15, -0.1) is 0 Å². The zero-order valence-electron chi connectivity index (χ0n) is 14.3. The Morgan fingerprint density at radius 3 is 2.54 bits per heavy atom. The Labute approximate surface area is 148 Å². The van der Waals surface area contributed by atoms with E-state index in [0.717, 1.165) is 18.3 Å². The maximum absolute atomic E-state index is 12.9. The first-order valence-electron chi connectivity index (χ1n) is 8.02. The predicted octanol–water partition coefficient (Wildman–Crippen LogP) is 1.60. The summed E-state index contributed by atoms with van der Waals surface area (Å²) in [4.78, 5) is 32.5. The molecule has 3 rings (SSSR count). The number of hydrogen-bond donors (Lipinski definition) is 1. The molecule has 2 amide bonds. The van der Waals surface area contributed by atoms with Gasteiger partial charge in [-0.3, -0.25) is 4.79 Å². The van der Waals surface area contributed by atoms with Crippen LogP contribution in [0.1, 0.15) is 5.56 Å². The van der Waals surface area contributed by atoms with E-state index in [4.69, 9.17) is 0 Å². The van der Waals surface area contributed by atoms with E-state index in [-0.39, 0.29) is 43.9 Å². The van der Waals surface area contributed by atoms with Gasteiger partial charge in [0.2, 0.25) is 0 Å². The van der Waals surface area contributed by atoms with Crippen molar-refractivity contribution < 1.29 is 27.9 Å². The van der Waals surface area contributed by atoms with Gasteiger partial charge in [0.15, 0.2) is 0 Å². The molecule has 10 heteroatoms. The topological polar surface area (TPSA) is 77.0 Å². The van der Waals surface area contributed by atoms with Crippen molar-refractivity contribution in [3.8, 4) is 0 Å². The van der Waals surface area contributed by atoms with Gasteiger partial charge in [-0.25, -0.2) is 9.78 Å². The Kier molecular flexibility index (Phi) is 4.24. The minimum atomic E-state index is -4.49. The third-order valence-corrected chi connectivity index (χ3v) is 5.08. The molecule has 0 bridgehead atoms. The molecular formula is C16H19F3N4O3. The van der Waals surface area contributed by atoms with Crippen molar-refractivity contribution in [2.75, 3.05) is 45.2 Å². The number of hydrogen-bond acceptors (Lipinski definition) is 4. The lowest BCUT2D eigenvalue weighted by molar-refractivity contribution is -0.148. The number of amides is 2. The Hall–Kier alpha value is -2.52. The van der Waals surface area contributed by atoms with Crippen LogP contribution in [0.2, 0.25) is 0 Å². The number of carboxylic acids is 1. The first-order valence-corrected chi connectivity index (χ1v) is 8.02. The van der Waals surface area contributed by atoms with Crippen molar-refractivity contribution >= 4 is 17.8 Å². The highest BCUT2D eigenvalue weighted by Crippen LogP contribution is 2.44. The minimum Gasteiger partial charge on any atom is -0.481 e. The Morgan fingerprint density at radius 1 is 1.31 bits per heavy atom. The quantitative estimate of drug-likeness (QED) is 0.854. The first-order chi connectivity index (χ1) is 12.0. The van der Waals surface area contributed by atoms with Crippen molar-refractivity contribution in [3.63, 3.8) is 0 Å². The number of rotatable bonds is 2. The van der Waals surface area contributed by atoms with Crippen LogP contribution in [0.15, 0.2) is 18.3 Å². The van der Waals surface area contributed by atoms with E-state index in [0.29, 0.717) is 0 Å². The molecule has 0 saturated carbocycles. The average molecular weight is 372 g/mol. The van der Waals surface area contributed by atoms with E-state index in [9.17, 15) is 27.9 Å². The van der Waals surface area contributed by atoms with Crippen LogP contribution in [0.25, 0.3) is 0 Å². The van der Waals surface area contributed by atoms with E-state index in [1.807, 2.05) is 0 Å². The molecule has 0 spiro atoms. The number of pyridine rings is 1. The molecule has 1 N–H and O–H groups in total. The standard InChI is InChI=1S/C16H19F3N4O3/c1-21(2)14(26)23-7-11-6-22(8-15(11,9-23)13(24)25)12-5-10(3-4-20-12)16(17,18)19/h3-5,11H,6-9H2,1-2H3,(H,24,25)/t11-,15-/m0/s1. The normalized spacial score (nSPS) is 25.3. The van der Waals surface area contributed by atoms with Gasteiger partial charge in [0.25, 0.3) is 0 Å². The fourth-order valence-corrected chi connectivity index (χ4v) is 3.74. The minimum absolute atomic E-state index is 0.0124. The zero-order chi connectivity index (χ0) is 19.3. The van der Waals surface area contributed by atoms with Gasteiger partial charge in [0, 0.05) is 52.4 Å². The second-order valence-electron chi connectivity index (χ2n) is 7.00. The Bertz CT molecular complexity index is 740. The van der Waals surface area contributed by atoms with Crippen molar-refractivity contribution in [3.05, 3.63) is 23.9 Å². The summed E-state index contributed by atoms with van der Waals surface area (Å²) >= 11 is 0. The van der Waals surface area contributed by atoms with Crippen LogP contribution in [0.3, 0.4) is 0 Å². The molecule has 0 unspecified atom stereocenters. The molecule has 3 heterocycles. The van der Waals surface area contributed by atoms with Crippen molar-refractivity contribution in [1.82, 2.24) is 14.8 Å². The lowest BCUT2D eigenvalue weighted by Gasteiger charge is -2.27. The number of anilines is 1. The monoisotopic (exact) mass is 372 g/mol. The Balaban J connectivity index is 1.85.